The van der Waals surface area contributed by atoms with Crippen LogP contribution in [0.5, 0.6) is 0 Å². The van der Waals surface area contributed by atoms with Crippen molar-refractivity contribution in [2.75, 3.05) is 11.9 Å². The Labute approximate surface area is 143 Å². The van der Waals surface area contributed by atoms with E-state index < -0.39 is 23.8 Å². The molecule has 128 valence electrons. The van der Waals surface area contributed by atoms with Crippen LogP contribution in [0, 0.1) is 30.6 Å². The number of amides is 1. The number of esters is 1. The Hall–Kier alpha value is -2.15. The highest BCUT2D eigenvalue weighted by Crippen LogP contribution is 2.48. The Bertz CT molecular complexity index is 723. The number of anilines is 1. The number of carboxylic acids is 1. The lowest BCUT2D eigenvalue weighted by atomic mass is 9.82. The van der Waals surface area contributed by atoms with Crippen molar-refractivity contribution in [3.05, 3.63) is 28.7 Å². The van der Waals surface area contributed by atoms with Crippen LogP contribution in [0.15, 0.2) is 18.2 Å². The predicted octanol–water partition coefficient (Wildman–Crippen LogP) is 1.36. The number of allylic oxidation sites excluding steroid dienone is 2. The van der Waals surface area contributed by atoms with Gasteiger partial charge in [0.25, 0.3) is 0 Å². The largest absolute Gasteiger partial charge is 0.550 e. The number of thiophene rings is 1. The number of rotatable bonds is 5. The average molecular weight is 348 g/mol. The summed E-state index contributed by atoms with van der Waals surface area (Å²) < 4.78 is 5.00. The Morgan fingerprint density at radius 2 is 1.96 bits per heavy atom. The first-order valence-electron chi connectivity index (χ1n) is 7.90. The first-order valence-corrected chi connectivity index (χ1v) is 8.71. The van der Waals surface area contributed by atoms with Gasteiger partial charge in [0.15, 0.2) is 0 Å². The second-order valence-electron chi connectivity index (χ2n) is 6.13. The SMILES string of the molecule is CCOC(=O)c1cc(C)sc1NC(=O)[C@@H]1[C@@H](C(=O)[O-])[C@@H]2C=C[C@@H]1C2. The van der Waals surface area contributed by atoms with E-state index in [0.717, 1.165) is 4.88 Å². The third-order valence-electron chi connectivity index (χ3n) is 4.62. The molecular formula is C17H18NO5S-. The molecule has 1 aromatic rings. The van der Waals surface area contributed by atoms with E-state index in [1.165, 1.54) is 11.3 Å². The Morgan fingerprint density at radius 1 is 1.29 bits per heavy atom. The molecular weight excluding hydrogens is 330 g/mol. The number of carbonyl (C=O) groups excluding carboxylic acids is 3. The zero-order valence-electron chi connectivity index (χ0n) is 13.4. The van der Waals surface area contributed by atoms with E-state index in [0.29, 0.717) is 17.0 Å². The molecule has 1 fully saturated rings. The maximum Gasteiger partial charge on any atom is 0.341 e. The third-order valence-corrected chi connectivity index (χ3v) is 5.59. The zero-order valence-corrected chi connectivity index (χ0v) is 14.2. The summed E-state index contributed by atoms with van der Waals surface area (Å²) in [6.45, 7) is 3.78. The number of carboxylic acid groups (broad SMARTS) is 1. The summed E-state index contributed by atoms with van der Waals surface area (Å²) in [4.78, 5) is 37.0. The standard InChI is InChI=1S/C17H19NO5S/c1-3-23-17(22)11-6-8(2)24-15(11)18-14(19)12-9-4-5-10(7-9)13(12)16(20)21/h4-6,9-10,12-13H,3,7H2,1-2H3,(H,18,19)(H,20,21)/p-1/t9-,10-,12+,13+/m1/s1. The minimum Gasteiger partial charge on any atom is -0.550 e. The van der Waals surface area contributed by atoms with Gasteiger partial charge in [0.1, 0.15) is 5.00 Å². The maximum absolute atomic E-state index is 12.7. The van der Waals surface area contributed by atoms with E-state index in [1.54, 1.807) is 13.0 Å². The van der Waals surface area contributed by atoms with Crippen molar-refractivity contribution in [3.8, 4) is 0 Å². The second-order valence-corrected chi connectivity index (χ2v) is 7.38. The van der Waals surface area contributed by atoms with Crippen LogP contribution in [0.25, 0.3) is 0 Å². The van der Waals surface area contributed by atoms with Gasteiger partial charge < -0.3 is 20.0 Å². The van der Waals surface area contributed by atoms with Gasteiger partial charge in [-0.25, -0.2) is 4.79 Å². The molecule has 2 aliphatic rings. The number of aliphatic carboxylic acids is 1. The van der Waals surface area contributed by atoms with Gasteiger partial charge in [-0.3, -0.25) is 4.79 Å². The molecule has 1 amide bonds. The molecule has 1 aromatic heterocycles. The quantitative estimate of drug-likeness (QED) is 0.640. The van der Waals surface area contributed by atoms with E-state index in [9.17, 15) is 19.5 Å². The molecule has 0 aromatic carbocycles. The molecule has 1 heterocycles. The minimum absolute atomic E-state index is 0.0926. The highest BCUT2D eigenvalue weighted by Gasteiger charge is 2.48. The van der Waals surface area contributed by atoms with Gasteiger partial charge >= 0.3 is 5.97 Å². The number of carbonyl (C=O) groups is 3. The van der Waals surface area contributed by atoms with Gasteiger partial charge in [-0.1, -0.05) is 12.2 Å². The highest BCUT2D eigenvalue weighted by molar-refractivity contribution is 7.16. The van der Waals surface area contributed by atoms with Crippen molar-refractivity contribution < 1.29 is 24.2 Å². The van der Waals surface area contributed by atoms with Gasteiger partial charge in [0.2, 0.25) is 5.91 Å². The monoisotopic (exact) mass is 348 g/mol. The van der Waals surface area contributed by atoms with Crippen LogP contribution in [0.3, 0.4) is 0 Å². The van der Waals surface area contributed by atoms with Crippen molar-refractivity contribution in [3.63, 3.8) is 0 Å². The summed E-state index contributed by atoms with van der Waals surface area (Å²) in [6.07, 6.45) is 4.42. The van der Waals surface area contributed by atoms with Crippen LogP contribution < -0.4 is 10.4 Å². The zero-order chi connectivity index (χ0) is 17.4. The summed E-state index contributed by atoms with van der Waals surface area (Å²) >= 11 is 1.27. The molecule has 0 unspecified atom stereocenters. The first kappa shape index (κ1) is 16.7. The molecule has 1 N–H and O–H groups in total. The molecule has 3 rings (SSSR count). The van der Waals surface area contributed by atoms with Crippen molar-refractivity contribution in [2.45, 2.75) is 20.3 Å². The van der Waals surface area contributed by atoms with Gasteiger partial charge in [0.05, 0.1) is 18.1 Å². The lowest BCUT2D eigenvalue weighted by Crippen LogP contribution is -2.42. The molecule has 0 radical (unpaired) electrons. The van der Waals surface area contributed by atoms with E-state index in [4.69, 9.17) is 4.74 Å². The van der Waals surface area contributed by atoms with Gasteiger partial charge in [-0.15, -0.1) is 11.3 Å². The number of nitrogens with one attached hydrogen (secondary N) is 1. The fraction of sp³-hybridized carbons (Fsp3) is 0.471. The molecule has 2 bridgehead atoms. The van der Waals surface area contributed by atoms with Gasteiger partial charge in [0, 0.05) is 16.8 Å². The molecule has 6 nitrogen and oxygen atoms in total. The molecule has 4 atom stereocenters. The van der Waals surface area contributed by atoms with Crippen LogP contribution in [0.4, 0.5) is 5.00 Å². The van der Waals surface area contributed by atoms with E-state index >= 15 is 0 Å². The lowest BCUT2D eigenvalue weighted by Gasteiger charge is -2.27. The summed E-state index contributed by atoms with van der Waals surface area (Å²) in [6, 6.07) is 1.66. The number of ether oxygens (including phenoxy) is 1. The third kappa shape index (κ3) is 2.84. The number of hydrogen-bond acceptors (Lipinski definition) is 6. The predicted molar refractivity (Wildman–Crippen MR) is 86.4 cm³/mol. The van der Waals surface area contributed by atoms with Crippen LogP contribution in [0.1, 0.15) is 28.6 Å². The Morgan fingerprint density at radius 3 is 2.58 bits per heavy atom. The number of hydrogen-bond donors (Lipinski definition) is 1. The van der Waals surface area contributed by atoms with E-state index in [1.807, 2.05) is 19.1 Å². The van der Waals surface area contributed by atoms with E-state index in [-0.39, 0.29) is 24.3 Å². The van der Waals surface area contributed by atoms with Crippen LogP contribution >= 0.6 is 11.3 Å². The topological polar surface area (TPSA) is 95.5 Å². The van der Waals surface area contributed by atoms with Crippen LogP contribution in [-0.4, -0.2) is 24.5 Å². The smallest absolute Gasteiger partial charge is 0.341 e. The second kappa shape index (κ2) is 6.39. The lowest BCUT2D eigenvalue weighted by molar-refractivity contribution is -0.313. The van der Waals surface area contributed by atoms with Crippen molar-refractivity contribution in [2.24, 2.45) is 23.7 Å². The van der Waals surface area contributed by atoms with Gasteiger partial charge in [-0.2, -0.15) is 0 Å². The molecule has 1 saturated carbocycles. The number of aryl methyl sites for hydroxylation is 1. The maximum atomic E-state index is 12.7. The Balaban J connectivity index is 1.82. The molecule has 0 spiro atoms. The molecule has 7 heteroatoms. The summed E-state index contributed by atoms with van der Waals surface area (Å²) in [7, 11) is 0. The molecule has 0 saturated heterocycles. The summed E-state index contributed by atoms with van der Waals surface area (Å²) in [5.41, 5.74) is 0.302. The fourth-order valence-electron chi connectivity index (χ4n) is 3.66. The summed E-state index contributed by atoms with van der Waals surface area (Å²) in [5, 5.41) is 14.6. The van der Waals surface area contributed by atoms with E-state index in [2.05, 4.69) is 5.32 Å². The molecule has 0 aliphatic heterocycles. The van der Waals surface area contributed by atoms with Crippen molar-refractivity contribution >= 4 is 34.2 Å². The average Bonchev–Trinajstić information content (AvgIpc) is 3.20. The first-order chi connectivity index (χ1) is 11.4. The number of fused-ring (bicyclic) bond motifs is 2. The summed E-state index contributed by atoms with van der Waals surface area (Å²) in [5.74, 6) is -3.79. The van der Waals surface area contributed by atoms with Crippen molar-refractivity contribution in [1.29, 1.82) is 0 Å². The van der Waals surface area contributed by atoms with Crippen LogP contribution in [-0.2, 0) is 14.3 Å². The fourth-order valence-corrected chi connectivity index (χ4v) is 4.57. The van der Waals surface area contributed by atoms with Crippen molar-refractivity contribution in [1.82, 2.24) is 0 Å². The molecule has 24 heavy (non-hydrogen) atoms. The van der Waals surface area contributed by atoms with Gasteiger partial charge in [-0.05, 0) is 38.2 Å². The molecule has 2 aliphatic carbocycles. The normalized spacial score (nSPS) is 27.2. The minimum atomic E-state index is -1.19. The highest BCUT2D eigenvalue weighted by atomic mass is 32.1. The van der Waals surface area contributed by atoms with Crippen LogP contribution in [0.2, 0.25) is 0 Å². The Kier molecular flexibility index (Phi) is 4.45.